The number of nitrogen functional groups attached to an aromatic ring is 1. The fraction of sp³-hybridized carbons (Fsp3) is 0.0769. The molecule has 0 aliphatic heterocycles. The maximum Gasteiger partial charge on any atom is 0.291 e. The molecule has 9 heteroatoms. The van der Waals surface area contributed by atoms with E-state index in [-0.39, 0.29) is 26.6 Å². The van der Waals surface area contributed by atoms with Crippen molar-refractivity contribution in [2.45, 2.75) is 6.92 Å². The highest BCUT2D eigenvalue weighted by atomic mass is 35.5. The van der Waals surface area contributed by atoms with Crippen molar-refractivity contribution in [3.8, 4) is 0 Å². The van der Waals surface area contributed by atoms with E-state index in [1.165, 1.54) is 0 Å². The fourth-order valence-corrected chi connectivity index (χ4v) is 2.16. The average Bonchev–Trinajstić information content (AvgIpc) is 2.54. The first-order valence-electron chi connectivity index (χ1n) is 6.03. The molecule has 2 aromatic rings. The van der Waals surface area contributed by atoms with Gasteiger partial charge in [0.05, 0.1) is 16.4 Å². The fourth-order valence-electron chi connectivity index (χ4n) is 1.56. The summed E-state index contributed by atoms with van der Waals surface area (Å²) < 4.78 is 0. The summed E-state index contributed by atoms with van der Waals surface area (Å²) in [5.74, 6) is -0.642. The number of H-pyrrole nitrogens is 1. The van der Waals surface area contributed by atoms with Crippen molar-refractivity contribution < 1.29 is 9.78 Å². The Balaban J connectivity index is 2.24. The van der Waals surface area contributed by atoms with Crippen molar-refractivity contribution in [3.63, 3.8) is 0 Å². The number of hydrogen-bond acceptors (Lipinski definition) is 4. The van der Waals surface area contributed by atoms with E-state index in [1.807, 2.05) is 12.1 Å². The van der Waals surface area contributed by atoms with Crippen LogP contribution in [0, 0.1) is 0 Å². The van der Waals surface area contributed by atoms with Crippen LogP contribution in [0.15, 0.2) is 29.6 Å². The summed E-state index contributed by atoms with van der Waals surface area (Å²) in [5.41, 5.74) is 9.30. The highest BCUT2D eigenvalue weighted by Gasteiger charge is 2.19. The van der Waals surface area contributed by atoms with Gasteiger partial charge in [0.2, 0.25) is 0 Å². The Hall–Kier alpha value is -1.89. The number of anilines is 1. The quantitative estimate of drug-likeness (QED) is 0.501. The third-order valence-electron chi connectivity index (χ3n) is 2.75. The second-order valence-electron chi connectivity index (χ2n) is 4.22. The van der Waals surface area contributed by atoms with Crippen molar-refractivity contribution in [3.05, 3.63) is 51.0 Å². The number of halogens is 3. The van der Waals surface area contributed by atoms with E-state index in [2.05, 4.69) is 20.5 Å². The Kier molecular flexibility index (Phi) is 5.18. The van der Waals surface area contributed by atoms with Gasteiger partial charge in [-0.3, -0.25) is 4.79 Å². The third kappa shape index (κ3) is 3.47. The molecule has 114 valence electrons. The maximum atomic E-state index is 12.1. The normalized spacial score (nSPS) is 11.4. The standard InChI is InChI=1S/C13H10Cl3N5O/c1-6(7-2-4-18-5-3-7)20-21-13(22)11-8(14)10(17)9(15)12(16)19-11/h2-5H,1H3,(H2,17,19)(H,21,22)/p+1/b20-6+. The molecule has 1 amide bonds. The summed E-state index contributed by atoms with van der Waals surface area (Å²) >= 11 is 17.5. The number of aromatic amines is 1. The van der Waals surface area contributed by atoms with Crippen LogP contribution in [0.4, 0.5) is 5.69 Å². The molecular weight excluding hydrogens is 349 g/mol. The summed E-state index contributed by atoms with van der Waals surface area (Å²) in [6.45, 7) is 1.74. The van der Waals surface area contributed by atoms with Gasteiger partial charge in [-0.05, 0) is 6.92 Å². The van der Waals surface area contributed by atoms with Gasteiger partial charge in [-0.25, -0.2) is 15.4 Å². The second kappa shape index (κ2) is 6.91. The minimum absolute atomic E-state index is 0.00318. The van der Waals surface area contributed by atoms with Crippen LogP contribution in [0.5, 0.6) is 0 Å². The van der Waals surface area contributed by atoms with Gasteiger partial charge in [0, 0.05) is 17.7 Å². The maximum absolute atomic E-state index is 12.1. The van der Waals surface area contributed by atoms with Crippen molar-refractivity contribution >= 4 is 52.1 Å². The lowest BCUT2D eigenvalue weighted by Crippen LogP contribution is -2.21. The number of hydrogen-bond donors (Lipinski definition) is 2. The second-order valence-corrected chi connectivity index (χ2v) is 5.33. The Labute approximate surface area is 141 Å². The molecule has 2 aromatic heterocycles. The Morgan fingerprint density at radius 1 is 1.27 bits per heavy atom. The van der Waals surface area contributed by atoms with Crippen LogP contribution in [-0.2, 0) is 0 Å². The molecule has 0 saturated heterocycles. The van der Waals surface area contributed by atoms with Crippen LogP contribution in [0.25, 0.3) is 0 Å². The van der Waals surface area contributed by atoms with Gasteiger partial charge in [-0.15, -0.1) is 0 Å². The van der Waals surface area contributed by atoms with Crippen molar-refractivity contribution in [1.82, 2.24) is 10.4 Å². The lowest BCUT2D eigenvalue weighted by atomic mass is 10.2. The molecule has 0 fully saturated rings. The van der Waals surface area contributed by atoms with Gasteiger partial charge in [0.25, 0.3) is 5.91 Å². The predicted octanol–water partition coefficient (Wildman–Crippen LogP) is 2.59. The minimum Gasteiger partial charge on any atom is -0.396 e. The van der Waals surface area contributed by atoms with Crippen molar-refractivity contribution in [2.24, 2.45) is 5.10 Å². The van der Waals surface area contributed by atoms with Crippen LogP contribution in [-0.4, -0.2) is 16.6 Å². The van der Waals surface area contributed by atoms with E-state index in [0.717, 1.165) is 5.56 Å². The third-order valence-corrected chi connectivity index (χ3v) is 3.88. The number of pyridine rings is 2. The number of nitrogens with zero attached hydrogens (tertiary/aromatic N) is 2. The number of hydrazone groups is 1. The van der Waals surface area contributed by atoms with Gasteiger partial charge < -0.3 is 5.73 Å². The van der Waals surface area contributed by atoms with Crippen LogP contribution < -0.4 is 16.1 Å². The first-order valence-corrected chi connectivity index (χ1v) is 7.16. The highest BCUT2D eigenvalue weighted by molar-refractivity contribution is 6.46. The van der Waals surface area contributed by atoms with Gasteiger partial charge in [-0.1, -0.05) is 34.8 Å². The number of nitrogens with one attached hydrogen (secondary N) is 2. The van der Waals surface area contributed by atoms with Crippen LogP contribution in [0.2, 0.25) is 15.2 Å². The topological polar surface area (TPSA) is 94.5 Å². The first kappa shape index (κ1) is 16.5. The molecule has 0 unspecified atom stereocenters. The van der Waals surface area contributed by atoms with Gasteiger partial charge in [0.15, 0.2) is 23.2 Å². The average molecular weight is 360 g/mol. The summed E-state index contributed by atoms with van der Waals surface area (Å²) in [6.07, 6.45) is 3.49. The smallest absolute Gasteiger partial charge is 0.291 e. The Morgan fingerprint density at radius 3 is 2.55 bits per heavy atom. The number of nitrogens with two attached hydrogens (primary N) is 1. The molecule has 0 aliphatic carbocycles. The number of rotatable bonds is 3. The predicted molar refractivity (Wildman–Crippen MR) is 86.4 cm³/mol. The molecule has 2 rings (SSSR count). The molecule has 4 N–H and O–H groups in total. The molecule has 0 spiro atoms. The van der Waals surface area contributed by atoms with Crippen LogP contribution in [0.1, 0.15) is 23.0 Å². The molecule has 6 nitrogen and oxygen atoms in total. The Morgan fingerprint density at radius 2 is 1.91 bits per heavy atom. The summed E-state index contributed by atoms with van der Waals surface area (Å²) in [5, 5.41) is 3.81. The molecule has 0 aromatic carbocycles. The van der Waals surface area contributed by atoms with Crippen LogP contribution >= 0.6 is 34.8 Å². The van der Waals surface area contributed by atoms with Gasteiger partial charge in [0.1, 0.15) is 5.02 Å². The molecule has 2 heterocycles. The lowest BCUT2D eigenvalue weighted by Gasteiger charge is -2.08. The molecule has 0 aliphatic rings. The lowest BCUT2D eigenvalue weighted by molar-refractivity contribution is -0.378. The monoisotopic (exact) mass is 358 g/mol. The van der Waals surface area contributed by atoms with Crippen molar-refractivity contribution in [2.75, 3.05) is 5.73 Å². The van der Waals surface area contributed by atoms with Gasteiger partial charge >= 0.3 is 0 Å². The van der Waals surface area contributed by atoms with E-state index in [0.29, 0.717) is 5.71 Å². The molecule has 22 heavy (non-hydrogen) atoms. The van der Waals surface area contributed by atoms with E-state index >= 15 is 0 Å². The highest BCUT2D eigenvalue weighted by Crippen LogP contribution is 2.34. The molecule has 0 radical (unpaired) electrons. The zero-order valence-corrected chi connectivity index (χ0v) is 13.6. The molecule has 0 bridgehead atoms. The largest absolute Gasteiger partial charge is 0.396 e. The minimum atomic E-state index is -0.642. The zero-order valence-electron chi connectivity index (χ0n) is 11.3. The number of carbonyl (C=O) groups excluding carboxylic acids is 1. The molecule has 0 atom stereocenters. The summed E-state index contributed by atoms with van der Waals surface area (Å²) in [4.78, 5) is 18.8. The van der Waals surface area contributed by atoms with E-state index in [1.54, 1.807) is 19.3 Å². The number of carbonyl (C=O) groups is 1. The SMILES string of the molecule is C/C(=N\NC(=O)c1nc(Cl)c(Cl)c(N)c1Cl)c1cc[nH+]cc1. The van der Waals surface area contributed by atoms with Crippen molar-refractivity contribution in [1.29, 1.82) is 0 Å². The van der Waals surface area contributed by atoms with E-state index < -0.39 is 5.91 Å². The molecule has 0 saturated carbocycles. The number of amides is 1. The zero-order chi connectivity index (χ0) is 16.3. The summed E-state index contributed by atoms with van der Waals surface area (Å²) in [7, 11) is 0. The van der Waals surface area contributed by atoms with Crippen LogP contribution in [0.3, 0.4) is 0 Å². The van der Waals surface area contributed by atoms with E-state index in [9.17, 15) is 4.79 Å². The van der Waals surface area contributed by atoms with Gasteiger partial charge in [-0.2, -0.15) is 5.10 Å². The number of aromatic nitrogens is 2. The summed E-state index contributed by atoms with van der Waals surface area (Å²) in [6, 6.07) is 3.63. The first-order chi connectivity index (χ1) is 10.4. The molecular formula is C13H11Cl3N5O+. The Bertz CT molecular complexity index is 749. The van der Waals surface area contributed by atoms with E-state index in [4.69, 9.17) is 40.5 Å².